The van der Waals surface area contributed by atoms with E-state index < -0.39 is 11.8 Å². The molecule has 3 rings (SSSR count). The van der Waals surface area contributed by atoms with E-state index in [0.717, 1.165) is 12.8 Å². The van der Waals surface area contributed by atoms with Gasteiger partial charge in [0.2, 0.25) is 5.91 Å². The molecule has 2 heterocycles. The van der Waals surface area contributed by atoms with Crippen LogP contribution in [0.3, 0.4) is 0 Å². The van der Waals surface area contributed by atoms with Gasteiger partial charge >= 0.3 is 5.97 Å². The Morgan fingerprint density at radius 1 is 1.30 bits per heavy atom. The summed E-state index contributed by atoms with van der Waals surface area (Å²) in [5.74, 6) is -1.23. The van der Waals surface area contributed by atoms with Crippen molar-refractivity contribution in [1.29, 1.82) is 5.41 Å². The van der Waals surface area contributed by atoms with Gasteiger partial charge in [0.25, 0.3) is 0 Å². The molecule has 0 aliphatic carbocycles. The highest BCUT2D eigenvalue weighted by molar-refractivity contribution is 5.94. The van der Waals surface area contributed by atoms with Gasteiger partial charge in [-0.15, -0.1) is 0 Å². The van der Waals surface area contributed by atoms with E-state index in [-0.39, 0.29) is 42.3 Å². The summed E-state index contributed by atoms with van der Waals surface area (Å²) >= 11 is 0. The van der Waals surface area contributed by atoms with E-state index in [2.05, 4.69) is 0 Å². The fraction of sp³-hybridized carbons (Fsp3) is 0.571. The van der Waals surface area contributed by atoms with Crippen LogP contribution in [-0.2, 0) is 25.7 Å². The minimum Gasteiger partial charge on any atom is -0.460 e. The van der Waals surface area contributed by atoms with Crippen molar-refractivity contribution in [3.63, 3.8) is 0 Å². The van der Waals surface area contributed by atoms with Crippen LogP contribution in [0.4, 0.5) is 10.1 Å². The van der Waals surface area contributed by atoms with E-state index in [0.29, 0.717) is 38.5 Å². The van der Waals surface area contributed by atoms with Gasteiger partial charge in [-0.3, -0.25) is 15.0 Å². The van der Waals surface area contributed by atoms with Gasteiger partial charge in [-0.2, -0.15) is 0 Å². The first-order valence-corrected chi connectivity index (χ1v) is 10.3. The Morgan fingerprint density at radius 2 is 2.03 bits per heavy atom. The third-order valence-electron chi connectivity index (χ3n) is 5.60. The number of nitrogens with one attached hydrogen (secondary N) is 1. The second kappa shape index (κ2) is 9.88. The van der Waals surface area contributed by atoms with Crippen LogP contribution in [0.25, 0.3) is 0 Å². The van der Waals surface area contributed by atoms with Crippen molar-refractivity contribution in [3.05, 3.63) is 29.6 Å². The zero-order chi connectivity index (χ0) is 21.7. The molecule has 1 aromatic carbocycles. The van der Waals surface area contributed by atoms with Gasteiger partial charge in [0.1, 0.15) is 18.9 Å². The number of piperazine rings is 1. The number of carbonyl (C=O) groups is 2. The second-order valence-corrected chi connectivity index (χ2v) is 7.83. The molecule has 2 aliphatic rings. The summed E-state index contributed by atoms with van der Waals surface area (Å²) in [6, 6.07) is 4.94. The minimum absolute atomic E-state index is 0.0116. The molecule has 3 N–H and O–H groups in total. The van der Waals surface area contributed by atoms with E-state index in [1.54, 1.807) is 18.2 Å². The van der Waals surface area contributed by atoms with Crippen LogP contribution >= 0.6 is 0 Å². The van der Waals surface area contributed by atoms with Crippen LogP contribution in [0, 0.1) is 17.1 Å². The largest absolute Gasteiger partial charge is 0.460 e. The Balaban J connectivity index is 1.62. The highest BCUT2D eigenvalue weighted by Gasteiger charge is 2.33. The maximum absolute atomic E-state index is 15.0. The average Bonchev–Trinajstić information content (AvgIpc) is 2.72. The predicted octanol–water partition coefficient (Wildman–Crippen LogP) is 1.66. The second-order valence-electron chi connectivity index (χ2n) is 7.83. The van der Waals surface area contributed by atoms with Crippen LogP contribution < -0.4 is 10.6 Å². The Bertz CT molecular complexity index is 797. The third kappa shape index (κ3) is 5.27. The first kappa shape index (κ1) is 22.0. The van der Waals surface area contributed by atoms with Gasteiger partial charge in [-0.25, -0.2) is 4.39 Å². The summed E-state index contributed by atoms with van der Waals surface area (Å²) in [5.41, 5.74) is 5.87. The van der Waals surface area contributed by atoms with Crippen molar-refractivity contribution >= 4 is 23.4 Å². The summed E-state index contributed by atoms with van der Waals surface area (Å²) in [6.45, 7) is 4.61. The molecule has 30 heavy (non-hydrogen) atoms. The van der Waals surface area contributed by atoms with Crippen molar-refractivity contribution in [2.24, 2.45) is 11.7 Å². The van der Waals surface area contributed by atoms with Crippen LogP contribution in [0.15, 0.2) is 18.2 Å². The molecule has 2 aliphatic heterocycles. The van der Waals surface area contributed by atoms with E-state index in [9.17, 15) is 9.59 Å². The molecule has 0 unspecified atom stereocenters. The predicted molar refractivity (Wildman–Crippen MR) is 110 cm³/mol. The molecule has 0 radical (unpaired) electrons. The summed E-state index contributed by atoms with van der Waals surface area (Å²) < 4.78 is 25.4. The molecular weight excluding hydrogens is 391 g/mol. The quantitative estimate of drug-likeness (QED) is 0.412. The lowest BCUT2D eigenvalue weighted by Gasteiger charge is -2.42. The molecule has 1 aromatic rings. The average molecular weight is 420 g/mol. The lowest BCUT2D eigenvalue weighted by atomic mass is 9.97. The number of nitrogens with zero attached hydrogens (tertiary/aromatic N) is 2. The van der Waals surface area contributed by atoms with E-state index in [1.807, 2.05) is 16.7 Å². The number of hydrogen-bond acceptors (Lipinski definition) is 6. The molecular formula is C21H29FN4O4. The van der Waals surface area contributed by atoms with E-state index in [1.165, 1.54) is 0 Å². The smallest absolute Gasteiger partial charge is 0.313 e. The summed E-state index contributed by atoms with van der Waals surface area (Å²) in [6.07, 6.45) is 1.19. The van der Waals surface area contributed by atoms with Crippen LogP contribution in [0.5, 0.6) is 0 Å². The zero-order valence-corrected chi connectivity index (χ0v) is 17.2. The molecule has 1 atom stereocenters. The Labute approximate surface area is 175 Å². The molecule has 0 spiro atoms. The Kier molecular flexibility index (Phi) is 7.25. The lowest BCUT2D eigenvalue weighted by molar-refractivity contribution is -0.143. The SMILES string of the molecule is C[C@H]1CN(c2cccc(COC(=O)CC(=N)N)c2F)CCN1C(=O)C1CCOCC1. The number of anilines is 1. The molecule has 8 nitrogen and oxygen atoms in total. The minimum atomic E-state index is -0.666. The molecule has 2 saturated heterocycles. The molecule has 2 fully saturated rings. The number of halogens is 1. The van der Waals surface area contributed by atoms with Gasteiger partial charge in [0.05, 0.1) is 5.69 Å². The van der Waals surface area contributed by atoms with Crippen LogP contribution in [-0.4, -0.2) is 61.5 Å². The molecule has 0 bridgehead atoms. The van der Waals surface area contributed by atoms with Crippen LogP contribution in [0.1, 0.15) is 31.7 Å². The van der Waals surface area contributed by atoms with Gasteiger partial charge in [0.15, 0.2) is 5.82 Å². The number of benzene rings is 1. The number of ether oxygens (including phenoxy) is 2. The first-order valence-electron chi connectivity index (χ1n) is 10.3. The fourth-order valence-electron chi connectivity index (χ4n) is 3.97. The molecule has 0 saturated carbocycles. The summed E-state index contributed by atoms with van der Waals surface area (Å²) in [5, 5.41) is 7.11. The zero-order valence-electron chi connectivity index (χ0n) is 17.2. The van der Waals surface area contributed by atoms with Crippen molar-refractivity contribution in [3.8, 4) is 0 Å². The maximum atomic E-state index is 15.0. The first-order chi connectivity index (χ1) is 14.4. The monoisotopic (exact) mass is 420 g/mol. The number of amides is 1. The number of rotatable bonds is 6. The lowest BCUT2D eigenvalue weighted by Crippen LogP contribution is -2.56. The number of esters is 1. The molecule has 0 aromatic heterocycles. The number of carbonyl (C=O) groups excluding carboxylic acids is 2. The molecule has 164 valence electrons. The fourth-order valence-corrected chi connectivity index (χ4v) is 3.97. The maximum Gasteiger partial charge on any atom is 0.313 e. The normalized spacial score (nSPS) is 20.1. The van der Waals surface area contributed by atoms with Gasteiger partial charge in [-0.05, 0) is 25.8 Å². The standard InChI is InChI=1S/C21H29FN4O4/c1-14-12-25(7-8-26(14)21(28)15-5-9-29-10-6-15)17-4-2-3-16(20(17)22)13-30-19(27)11-18(23)24/h2-4,14-15H,5-13H2,1H3,(H3,23,24)/t14-/m0/s1. The van der Waals surface area contributed by atoms with Crippen molar-refractivity contribution in [1.82, 2.24) is 4.90 Å². The molecule has 1 amide bonds. The summed E-state index contributed by atoms with van der Waals surface area (Å²) in [4.78, 5) is 28.3. The highest BCUT2D eigenvalue weighted by Crippen LogP contribution is 2.27. The highest BCUT2D eigenvalue weighted by atomic mass is 19.1. The Morgan fingerprint density at radius 3 is 2.70 bits per heavy atom. The number of amidine groups is 1. The van der Waals surface area contributed by atoms with E-state index in [4.69, 9.17) is 20.6 Å². The van der Waals surface area contributed by atoms with Gasteiger partial charge in [0, 0.05) is 50.4 Å². The topological polar surface area (TPSA) is 109 Å². The number of hydrogen-bond donors (Lipinski definition) is 2. The Hall–Kier alpha value is -2.68. The van der Waals surface area contributed by atoms with E-state index >= 15 is 4.39 Å². The number of nitrogens with two attached hydrogens (primary N) is 1. The van der Waals surface area contributed by atoms with Crippen molar-refractivity contribution in [2.75, 3.05) is 37.7 Å². The summed E-state index contributed by atoms with van der Waals surface area (Å²) in [7, 11) is 0. The van der Waals surface area contributed by atoms with Gasteiger partial charge in [-0.1, -0.05) is 12.1 Å². The molecule has 9 heteroatoms. The van der Waals surface area contributed by atoms with Crippen molar-refractivity contribution in [2.45, 2.75) is 38.8 Å². The van der Waals surface area contributed by atoms with Gasteiger partial charge < -0.3 is 25.0 Å². The van der Waals surface area contributed by atoms with Crippen molar-refractivity contribution < 1.29 is 23.5 Å². The third-order valence-corrected chi connectivity index (χ3v) is 5.60. The van der Waals surface area contributed by atoms with Crippen LogP contribution in [0.2, 0.25) is 0 Å².